The van der Waals surface area contributed by atoms with E-state index in [9.17, 15) is 9.59 Å². The van der Waals surface area contributed by atoms with Gasteiger partial charge in [-0.3, -0.25) is 9.59 Å². The Hall–Kier alpha value is -1.89. The van der Waals surface area contributed by atoms with Gasteiger partial charge in [0.15, 0.2) is 0 Å². The number of carboxylic acid groups (broad SMARTS) is 1. The van der Waals surface area contributed by atoms with Crippen LogP contribution in [0.4, 0.5) is 5.82 Å². The molecule has 1 atom stereocenters. The van der Waals surface area contributed by atoms with Gasteiger partial charge in [0.2, 0.25) is 0 Å². The summed E-state index contributed by atoms with van der Waals surface area (Å²) in [6, 6.07) is 0. The molecule has 1 saturated heterocycles. The zero-order valence-corrected chi connectivity index (χ0v) is 9.10. The number of aromatic amines is 1. The summed E-state index contributed by atoms with van der Waals surface area (Å²) in [6.07, 6.45) is 1.01. The lowest BCUT2D eigenvalue weighted by atomic mass is 10.2. The maximum absolute atomic E-state index is 11.7. The number of aromatic nitrogens is 2. The van der Waals surface area contributed by atoms with Crippen molar-refractivity contribution in [3.05, 3.63) is 21.7 Å². The standard InChI is InChI=1S/C10H13N3O4/c11-8-5(4-7(14)15)10(16)13-9(12-8)6-2-1-3-17-6/h6H,1-4H2,(H,14,15)(H3,11,12,13,16). The van der Waals surface area contributed by atoms with Crippen LogP contribution in [0.1, 0.15) is 30.3 Å². The quantitative estimate of drug-likeness (QED) is 0.674. The van der Waals surface area contributed by atoms with Crippen LogP contribution in [0.2, 0.25) is 0 Å². The van der Waals surface area contributed by atoms with Gasteiger partial charge in [-0.2, -0.15) is 0 Å². The van der Waals surface area contributed by atoms with Crippen LogP contribution in [0, 0.1) is 0 Å². The summed E-state index contributed by atoms with van der Waals surface area (Å²) in [7, 11) is 0. The van der Waals surface area contributed by atoms with Gasteiger partial charge in [0.25, 0.3) is 5.56 Å². The Bertz CT molecular complexity index is 491. The van der Waals surface area contributed by atoms with E-state index in [2.05, 4.69) is 9.97 Å². The van der Waals surface area contributed by atoms with Crippen LogP contribution in [-0.2, 0) is 16.0 Å². The molecule has 1 aromatic heterocycles. The highest BCUT2D eigenvalue weighted by molar-refractivity contribution is 5.71. The second-order valence-corrected chi connectivity index (χ2v) is 3.89. The van der Waals surface area contributed by atoms with Crippen molar-refractivity contribution in [3.63, 3.8) is 0 Å². The molecule has 1 aliphatic heterocycles. The number of carbonyl (C=O) groups is 1. The summed E-state index contributed by atoms with van der Waals surface area (Å²) in [4.78, 5) is 28.7. The smallest absolute Gasteiger partial charge is 0.308 e. The van der Waals surface area contributed by atoms with Crippen LogP contribution < -0.4 is 11.3 Å². The molecule has 0 radical (unpaired) electrons. The second-order valence-electron chi connectivity index (χ2n) is 3.89. The average Bonchev–Trinajstić information content (AvgIpc) is 2.76. The molecule has 0 amide bonds. The molecular weight excluding hydrogens is 226 g/mol. The van der Waals surface area contributed by atoms with Gasteiger partial charge in [-0.25, -0.2) is 4.98 Å². The van der Waals surface area contributed by atoms with Crippen molar-refractivity contribution in [2.24, 2.45) is 0 Å². The zero-order chi connectivity index (χ0) is 12.4. The van der Waals surface area contributed by atoms with Gasteiger partial charge >= 0.3 is 5.97 Å². The van der Waals surface area contributed by atoms with E-state index in [1.165, 1.54) is 0 Å². The highest BCUT2D eigenvalue weighted by Gasteiger charge is 2.22. The maximum Gasteiger partial charge on any atom is 0.308 e. The molecule has 1 fully saturated rings. The fraction of sp³-hybridized carbons (Fsp3) is 0.500. The fourth-order valence-electron chi connectivity index (χ4n) is 1.80. The molecule has 7 nitrogen and oxygen atoms in total. The van der Waals surface area contributed by atoms with E-state index in [4.69, 9.17) is 15.6 Å². The minimum Gasteiger partial charge on any atom is -0.481 e. The van der Waals surface area contributed by atoms with E-state index in [0.29, 0.717) is 12.4 Å². The maximum atomic E-state index is 11.7. The van der Waals surface area contributed by atoms with Gasteiger partial charge in [0.05, 0.1) is 12.0 Å². The SMILES string of the molecule is Nc1nc(C2CCCO2)[nH]c(=O)c1CC(=O)O. The number of rotatable bonds is 3. The Morgan fingerprint density at radius 1 is 1.65 bits per heavy atom. The summed E-state index contributed by atoms with van der Waals surface area (Å²) < 4.78 is 5.37. The molecule has 0 spiro atoms. The number of aliphatic carboxylic acids is 1. The van der Waals surface area contributed by atoms with Crippen LogP contribution in [0.25, 0.3) is 0 Å². The van der Waals surface area contributed by atoms with Crippen LogP contribution in [-0.4, -0.2) is 27.7 Å². The molecule has 0 bridgehead atoms. The van der Waals surface area contributed by atoms with Crippen molar-refractivity contribution >= 4 is 11.8 Å². The summed E-state index contributed by atoms with van der Waals surface area (Å²) >= 11 is 0. The minimum absolute atomic E-state index is 0.0146. The van der Waals surface area contributed by atoms with E-state index < -0.39 is 17.9 Å². The van der Waals surface area contributed by atoms with Gasteiger partial charge in [0, 0.05) is 6.61 Å². The lowest BCUT2D eigenvalue weighted by Gasteiger charge is -2.10. The normalized spacial score (nSPS) is 19.4. The molecule has 4 N–H and O–H groups in total. The largest absolute Gasteiger partial charge is 0.481 e. The molecule has 92 valence electrons. The highest BCUT2D eigenvalue weighted by Crippen LogP contribution is 2.25. The number of carboxylic acids is 1. The molecule has 2 rings (SSSR count). The molecule has 1 unspecified atom stereocenters. The van der Waals surface area contributed by atoms with Crippen LogP contribution in [0.3, 0.4) is 0 Å². The number of nitrogen functional groups attached to an aromatic ring is 1. The number of nitrogens with one attached hydrogen (secondary N) is 1. The topological polar surface area (TPSA) is 118 Å². The van der Waals surface area contributed by atoms with Gasteiger partial charge < -0.3 is 20.6 Å². The van der Waals surface area contributed by atoms with Crippen molar-refractivity contribution in [1.82, 2.24) is 9.97 Å². The Kier molecular flexibility index (Phi) is 3.10. The van der Waals surface area contributed by atoms with Gasteiger partial charge in [-0.1, -0.05) is 0 Å². The van der Waals surface area contributed by atoms with Gasteiger partial charge in [-0.05, 0) is 12.8 Å². The molecule has 7 heteroatoms. The number of anilines is 1. The Balaban J connectivity index is 2.34. The minimum atomic E-state index is -1.12. The number of nitrogens with zero attached hydrogens (tertiary/aromatic N) is 1. The zero-order valence-electron chi connectivity index (χ0n) is 9.10. The van der Waals surface area contributed by atoms with Crippen LogP contribution in [0.15, 0.2) is 4.79 Å². The van der Waals surface area contributed by atoms with E-state index in [-0.39, 0.29) is 17.5 Å². The lowest BCUT2D eigenvalue weighted by molar-refractivity contribution is -0.136. The van der Waals surface area contributed by atoms with Crippen molar-refractivity contribution in [2.45, 2.75) is 25.4 Å². The molecular formula is C10H13N3O4. The van der Waals surface area contributed by atoms with Crippen molar-refractivity contribution in [1.29, 1.82) is 0 Å². The number of hydrogen-bond donors (Lipinski definition) is 3. The summed E-state index contributed by atoms with van der Waals surface area (Å²) in [5.41, 5.74) is 5.06. The lowest BCUT2D eigenvalue weighted by Crippen LogP contribution is -2.23. The fourth-order valence-corrected chi connectivity index (χ4v) is 1.80. The number of hydrogen-bond acceptors (Lipinski definition) is 5. The number of nitrogens with two attached hydrogens (primary N) is 1. The van der Waals surface area contributed by atoms with Crippen molar-refractivity contribution in [2.75, 3.05) is 12.3 Å². The predicted molar refractivity (Wildman–Crippen MR) is 58.5 cm³/mol. The molecule has 2 heterocycles. The van der Waals surface area contributed by atoms with Gasteiger partial charge in [0.1, 0.15) is 17.7 Å². The first-order chi connectivity index (χ1) is 8.08. The summed E-state index contributed by atoms with van der Waals surface area (Å²) in [5, 5.41) is 8.64. The summed E-state index contributed by atoms with van der Waals surface area (Å²) in [5.74, 6) is -0.783. The second kappa shape index (κ2) is 4.54. The number of ether oxygens (including phenoxy) is 1. The Labute approximate surface area is 96.6 Å². The first kappa shape index (κ1) is 11.6. The summed E-state index contributed by atoms with van der Waals surface area (Å²) in [6.45, 7) is 0.630. The molecule has 0 saturated carbocycles. The average molecular weight is 239 g/mol. The molecule has 0 aromatic carbocycles. The monoisotopic (exact) mass is 239 g/mol. The van der Waals surface area contributed by atoms with E-state index in [0.717, 1.165) is 12.8 Å². The van der Waals surface area contributed by atoms with E-state index >= 15 is 0 Å². The highest BCUT2D eigenvalue weighted by atomic mass is 16.5. The molecule has 1 aliphatic rings. The first-order valence-electron chi connectivity index (χ1n) is 5.30. The van der Waals surface area contributed by atoms with Crippen molar-refractivity contribution in [3.8, 4) is 0 Å². The van der Waals surface area contributed by atoms with Crippen molar-refractivity contribution < 1.29 is 14.6 Å². The van der Waals surface area contributed by atoms with E-state index in [1.807, 2.05) is 0 Å². The van der Waals surface area contributed by atoms with Gasteiger partial charge in [-0.15, -0.1) is 0 Å². The molecule has 1 aromatic rings. The molecule has 17 heavy (non-hydrogen) atoms. The Morgan fingerprint density at radius 2 is 2.41 bits per heavy atom. The number of H-pyrrole nitrogens is 1. The van der Waals surface area contributed by atoms with Crippen LogP contribution >= 0.6 is 0 Å². The Morgan fingerprint density at radius 3 is 2.94 bits per heavy atom. The van der Waals surface area contributed by atoms with E-state index in [1.54, 1.807) is 0 Å². The first-order valence-corrected chi connectivity index (χ1v) is 5.30. The third-order valence-electron chi connectivity index (χ3n) is 2.63. The molecule has 0 aliphatic carbocycles. The third-order valence-corrected chi connectivity index (χ3v) is 2.63. The third kappa shape index (κ3) is 2.44. The predicted octanol–water partition coefficient (Wildman–Crippen LogP) is -0.169. The van der Waals surface area contributed by atoms with Crippen LogP contribution in [0.5, 0.6) is 0 Å².